The van der Waals surface area contributed by atoms with Gasteiger partial charge >= 0.3 is 0 Å². The van der Waals surface area contributed by atoms with E-state index in [-0.39, 0.29) is 19.7 Å². The number of halogens is 1. The molecule has 28 heavy (non-hydrogen) atoms. The molecule has 6 nitrogen and oxygen atoms in total. The molecule has 0 spiro atoms. The van der Waals surface area contributed by atoms with Gasteiger partial charge < -0.3 is 10.1 Å². The van der Waals surface area contributed by atoms with Crippen LogP contribution < -0.4 is 14.4 Å². The summed E-state index contributed by atoms with van der Waals surface area (Å²) in [6, 6.07) is 14.0. The van der Waals surface area contributed by atoms with Crippen molar-refractivity contribution in [3.63, 3.8) is 0 Å². The molecule has 0 radical (unpaired) electrons. The quantitative estimate of drug-likeness (QED) is 0.626. The van der Waals surface area contributed by atoms with Gasteiger partial charge in [0.25, 0.3) is 0 Å². The minimum absolute atomic E-state index is 0.267. The topological polar surface area (TPSA) is 75.7 Å². The zero-order valence-electron chi connectivity index (χ0n) is 16.2. The van der Waals surface area contributed by atoms with Gasteiger partial charge in [0, 0.05) is 5.02 Å². The molecule has 0 bridgehead atoms. The Balaban J connectivity index is 1.91. The summed E-state index contributed by atoms with van der Waals surface area (Å²) in [7, 11) is -3.62. The summed E-state index contributed by atoms with van der Waals surface area (Å²) in [5.74, 6) is 0.695. The summed E-state index contributed by atoms with van der Waals surface area (Å²) >= 11 is 5.84. The second-order valence-corrected chi connectivity index (χ2v) is 8.98. The van der Waals surface area contributed by atoms with Gasteiger partial charge in [-0.15, -0.1) is 0 Å². The van der Waals surface area contributed by atoms with Gasteiger partial charge in [0.05, 0.1) is 18.5 Å². The van der Waals surface area contributed by atoms with Crippen LogP contribution in [0.2, 0.25) is 5.02 Å². The van der Waals surface area contributed by atoms with Crippen LogP contribution in [0.1, 0.15) is 25.3 Å². The number of carbonyl (C=O) groups is 1. The van der Waals surface area contributed by atoms with Crippen LogP contribution in [0.15, 0.2) is 48.5 Å². The lowest BCUT2D eigenvalue weighted by molar-refractivity contribution is -0.119. The molecule has 152 valence electrons. The lowest BCUT2D eigenvalue weighted by Gasteiger charge is -2.22. The van der Waals surface area contributed by atoms with E-state index in [2.05, 4.69) is 19.2 Å². The number of nitrogens with zero attached hydrogens (tertiary/aromatic N) is 1. The average molecular weight is 425 g/mol. The molecule has 0 fully saturated rings. The molecule has 0 unspecified atom stereocenters. The Labute approximate surface area is 171 Å². The predicted octanol–water partition coefficient (Wildman–Crippen LogP) is 3.42. The monoisotopic (exact) mass is 424 g/mol. The van der Waals surface area contributed by atoms with Gasteiger partial charge in [-0.25, -0.2) is 8.42 Å². The van der Waals surface area contributed by atoms with Gasteiger partial charge in [-0.2, -0.15) is 0 Å². The minimum Gasteiger partial charge on any atom is -0.491 e. The van der Waals surface area contributed by atoms with Crippen molar-refractivity contribution in [3.05, 3.63) is 59.1 Å². The Morgan fingerprint density at radius 1 is 1.14 bits per heavy atom. The Morgan fingerprint density at radius 2 is 1.79 bits per heavy atom. The Morgan fingerprint density at radius 3 is 2.39 bits per heavy atom. The molecule has 0 aliphatic rings. The molecule has 2 aromatic rings. The van der Waals surface area contributed by atoms with E-state index in [0.29, 0.717) is 16.6 Å². The largest absolute Gasteiger partial charge is 0.491 e. The molecule has 0 saturated carbocycles. The van der Waals surface area contributed by atoms with Crippen LogP contribution in [-0.2, 0) is 14.8 Å². The lowest BCUT2D eigenvalue weighted by Crippen LogP contribution is -2.41. The fourth-order valence-electron chi connectivity index (χ4n) is 2.63. The fourth-order valence-corrected chi connectivity index (χ4v) is 3.62. The van der Waals surface area contributed by atoms with Crippen molar-refractivity contribution >= 4 is 33.2 Å². The number of nitrogens with one attached hydrogen (secondary N) is 1. The maximum absolute atomic E-state index is 12.2. The van der Waals surface area contributed by atoms with Crippen LogP contribution in [0.5, 0.6) is 5.75 Å². The van der Waals surface area contributed by atoms with Gasteiger partial charge in [-0.05, 0) is 41.8 Å². The number of ether oxygens (including phenoxy) is 1. The highest BCUT2D eigenvalue weighted by atomic mass is 35.5. The molecule has 0 atom stereocenters. The predicted molar refractivity (Wildman–Crippen MR) is 113 cm³/mol. The average Bonchev–Trinajstić information content (AvgIpc) is 2.63. The van der Waals surface area contributed by atoms with E-state index in [1.165, 1.54) is 0 Å². The zero-order valence-corrected chi connectivity index (χ0v) is 17.8. The van der Waals surface area contributed by atoms with E-state index in [1.54, 1.807) is 24.3 Å². The summed E-state index contributed by atoms with van der Waals surface area (Å²) in [4.78, 5) is 12.2. The number of benzene rings is 2. The third-order valence-corrected chi connectivity index (χ3v) is 5.42. The highest BCUT2D eigenvalue weighted by Gasteiger charge is 2.20. The first-order valence-electron chi connectivity index (χ1n) is 8.90. The summed E-state index contributed by atoms with van der Waals surface area (Å²) in [6.45, 7) is 4.41. The third-order valence-electron chi connectivity index (χ3n) is 4.02. The first-order valence-corrected chi connectivity index (χ1v) is 11.1. The van der Waals surface area contributed by atoms with Crippen molar-refractivity contribution in [1.29, 1.82) is 0 Å². The lowest BCUT2D eigenvalue weighted by atomic mass is 10.0. The maximum Gasteiger partial charge on any atom is 0.240 e. The van der Waals surface area contributed by atoms with Gasteiger partial charge in [0.2, 0.25) is 15.9 Å². The first kappa shape index (κ1) is 22.0. The molecule has 0 heterocycles. The second-order valence-electron chi connectivity index (χ2n) is 6.64. The fraction of sp³-hybridized carbons (Fsp3) is 0.350. The van der Waals surface area contributed by atoms with E-state index in [0.717, 1.165) is 21.9 Å². The molecule has 0 aliphatic carbocycles. The molecule has 1 N–H and O–H groups in total. The first-order chi connectivity index (χ1) is 13.2. The van der Waals surface area contributed by atoms with Crippen molar-refractivity contribution in [2.24, 2.45) is 0 Å². The van der Waals surface area contributed by atoms with Crippen LogP contribution in [-0.4, -0.2) is 40.3 Å². The van der Waals surface area contributed by atoms with E-state index in [4.69, 9.17) is 16.3 Å². The highest BCUT2D eigenvalue weighted by molar-refractivity contribution is 7.92. The number of amides is 1. The van der Waals surface area contributed by atoms with Crippen molar-refractivity contribution in [3.8, 4) is 5.75 Å². The Hall–Kier alpha value is -2.25. The number of hydrogen-bond acceptors (Lipinski definition) is 4. The number of rotatable bonds is 9. The Kier molecular flexibility index (Phi) is 7.71. The van der Waals surface area contributed by atoms with Crippen LogP contribution in [0.3, 0.4) is 0 Å². The molecule has 0 aromatic heterocycles. The van der Waals surface area contributed by atoms with Crippen LogP contribution in [0.25, 0.3) is 0 Å². The molecule has 2 rings (SSSR count). The molecular weight excluding hydrogens is 400 g/mol. The molecule has 0 aliphatic heterocycles. The highest BCUT2D eigenvalue weighted by Crippen LogP contribution is 2.25. The van der Waals surface area contributed by atoms with Crippen molar-refractivity contribution < 1.29 is 17.9 Å². The maximum atomic E-state index is 12.2. The summed E-state index contributed by atoms with van der Waals surface area (Å²) in [5.41, 5.74) is 1.48. The van der Waals surface area contributed by atoms with Crippen LogP contribution in [0, 0.1) is 0 Å². The van der Waals surface area contributed by atoms with E-state index >= 15 is 0 Å². The van der Waals surface area contributed by atoms with Gasteiger partial charge in [0.15, 0.2) is 0 Å². The molecule has 0 saturated heterocycles. The minimum atomic E-state index is -3.62. The van der Waals surface area contributed by atoms with Crippen molar-refractivity contribution in [1.82, 2.24) is 5.32 Å². The molecule has 1 amide bonds. The van der Waals surface area contributed by atoms with E-state index in [1.807, 2.05) is 24.3 Å². The van der Waals surface area contributed by atoms with Crippen LogP contribution in [0.4, 0.5) is 5.69 Å². The van der Waals surface area contributed by atoms with Crippen molar-refractivity contribution in [2.45, 2.75) is 19.8 Å². The zero-order chi connectivity index (χ0) is 20.7. The standard InChI is InChI=1S/C20H25ClN2O4S/c1-15(2)18-6-4-5-7-19(18)27-13-12-22-20(24)14-23(28(3,25)26)17-10-8-16(21)9-11-17/h4-11,15H,12-14H2,1-3H3,(H,22,24). The number of sulfonamides is 1. The van der Waals surface area contributed by atoms with Crippen molar-refractivity contribution in [2.75, 3.05) is 30.3 Å². The normalized spacial score (nSPS) is 11.3. The number of carbonyl (C=O) groups excluding carboxylic acids is 1. The third kappa shape index (κ3) is 6.42. The van der Waals surface area contributed by atoms with E-state index < -0.39 is 15.9 Å². The number of para-hydroxylation sites is 1. The SMILES string of the molecule is CC(C)c1ccccc1OCCNC(=O)CN(c1ccc(Cl)cc1)S(C)(=O)=O. The van der Waals surface area contributed by atoms with Gasteiger partial charge in [-0.3, -0.25) is 9.10 Å². The number of hydrogen-bond donors (Lipinski definition) is 1. The van der Waals surface area contributed by atoms with Gasteiger partial charge in [0.1, 0.15) is 18.9 Å². The van der Waals surface area contributed by atoms with Gasteiger partial charge in [-0.1, -0.05) is 43.6 Å². The second kappa shape index (κ2) is 9.80. The summed E-state index contributed by atoms with van der Waals surface area (Å²) in [5, 5.41) is 3.18. The summed E-state index contributed by atoms with van der Waals surface area (Å²) in [6.07, 6.45) is 1.06. The smallest absolute Gasteiger partial charge is 0.240 e. The molecule has 2 aromatic carbocycles. The van der Waals surface area contributed by atoms with Crippen LogP contribution >= 0.6 is 11.6 Å². The van der Waals surface area contributed by atoms with E-state index in [9.17, 15) is 13.2 Å². The number of anilines is 1. The summed E-state index contributed by atoms with van der Waals surface area (Å²) < 4.78 is 30.9. The molecule has 8 heteroatoms. The Bertz CT molecular complexity index is 899. The molecular formula is C20H25ClN2O4S.